The average molecular weight is 342 g/mol. The van der Waals surface area contributed by atoms with E-state index in [0.29, 0.717) is 12.5 Å². The molecule has 0 spiro atoms. The summed E-state index contributed by atoms with van der Waals surface area (Å²) in [6, 6.07) is 0.0228. The van der Waals surface area contributed by atoms with Gasteiger partial charge in [-0.3, -0.25) is 4.90 Å². The zero-order valence-corrected chi connectivity index (χ0v) is 15.2. The first-order valence-corrected chi connectivity index (χ1v) is 9.24. The maximum atomic E-state index is 12.2. The van der Waals surface area contributed by atoms with Crippen LogP contribution in [-0.4, -0.2) is 105 Å². The first-order valence-electron chi connectivity index (χ1n) is 9.24. The van der Waals surface area contributed by atoms with Gasteiger partial charge in [0, 0.05) is 46.3 Å². The van der Waals surface area contributed by atoms with E-state index in [9.17, 15) is 9.90 Å². The third-order valence-corrected chi connectivity index (χ3v) is 4.92. The molecular formula is C17H34N4O3. The zero-order chi connectivity index (χ0) is 17.4. The highest BCUT2D eigenvalue weighted by Crippen LogP contribution is 2.18. The second-order valence-corrected chi connectivity index (χ2v) is 7.16. The summed E-state index contributed by atoms with van der Waals surface area (Å²) in [4.78, 5) is 18.6. The van der Waals surface area contributed by atoms with Crippen LogP contribution in [0.4, 0.5) is 4.79 Å². The van der Waals surface area contributed by atoms with Crippen molar-refractivity contribution >= 4 is 6.03 Å². The molecule has 0 bridgehead atoms. The minimum atomic E-state index is -0.263. The largest absolute Gasteiger partial charge is 0.392 e. The lowest BCUT2D eigenvalue weighted by Gasteiger charge is -2.34. The molecule has 7 heteroatoms. The van der Waals surface area contributed by atoms with Crippen LogP contribution in [0.15, 0.2) is 0 Å². The van der Waals surface area contributed by atoms with Crippen molar-refractivity contribution in [1.82, 2.24) is 20.0 Å². The fourth-order valence-corrected chi connectivity index (χ4v) is 3.48. The Morgan fingerprint density at radius 3 is 2.54 bits per heavy atom. The first-order chi connectivity index (χ1) is 11.5. The molecule has 2 rings (SSSR count). The van der Waals surface area contributed by atoms with E-state index in [2.05, 4.69) is 15.1 Å². The fourth-order valence-electron chi connectivity index (χ4n) is 3.48. The molecule has 7 nitrogen and oxygen atoms in total. The number of rotatable bonds is 7. The van der Waals surface area contributed by atoms with E-state index in [1.807, 2.05) is 18.9 Å². The Labute approximate surface area is 145 Å². The van der Waals surface area contributed by atoms with E-state index < -0.39 is 0 Å². The van der Waals surface area contributed by atoms with Crippen LogP contribution in [0, 0.1) is 5.92 Å². The summed E-state index contributed by atoms with van der Waals surface area (Å²) in [5.74, 6) is 0.560. The number of morpholine rings is 1. The Balaban J connectivity index is 1.58. The Morgan fingerprint density at radius 2 is 1.92 bits per heavy atom. The molecule has 2 aliphatic heterocycles. The third kappa shape index (κ3) is 6.93. The van der Waals surface area contributed by atoms with Crippen LogP contribution in [0.2, 0.25) is 0 Å². The number of aliphatic hydroxyl groups excluding tert-OH is 1. The molecule has 0 radical (unpaired) electrons. The highest BCUT2D eigenvalue weighted by atomic mass is 16.5. The summed E-state index contributed by atoms with van der Waals surface area (Å²) in [5.41, 5.74) is 0. The molecule has 2 amide bonds. The van der Waals surface area contributed by atoms with Gasteiger partial charge in [-0.05, 0) is 38.8 Å². The van der Waals surface area contributed by atoms with Gasteiger partial charge in [-0.2, -0.15) is 0 Å². The number of hydrogen-bond acceptors (Lipinski definition) is 5. The molecule has 2 saturated heterocycles. The lowest BCUT2D eigenvalue weighted by molar-refractivity contribution is 0.0385. The number of amides is 2. The number of urea groups is 1. The molecular weight excluding hydrogens is 308 g/mol. The smallest absolute Gasteiger partial charge is 0.317 e. The van der Waals surface area contributed by atoms with E-state index in [0.717, 1.165) is 71.9 Å². The van der Waals surface area contributed by atoms with Gasteiger partial charge in [-0.1, -0.05) is 0 Å². The Bertz CT molecular complexity index is 367. The quantitative estimate of drug-likeness (QED) is 0.684. The lowest BCUT2D eigenvalue weighted by Crippen LogP contribution is -2.46. The van der Waals surface area contributed by atoms with Gasteiger partial charge in [0.1, 0.15) is 0 Å². The van der Waals surface area contributed by atoms with Crippen LogP contribution in [0.1, 0.15) is 19.8 Å². The first kappa shape index (κ1) is 19.4. The number of likely N-dealkylation sites (tertiary alicyclic amines) is 1. The SMILES string of the molecule is C[C@@H](O)CN1CCC(CN(C)C(=O)NCCN2CCOCC2)CC1. The van der Waals surface area contributed by atoms with E-state index in [1.54, 1.807) is 0 Å². The van der Waals surface area contributed by atoms with Gasteiger partial charge in [0.15, 0.2) is 0 Å². The number of piperidine rings is 1. The molecule has 2 fully saturated rings. The predicted molar refractivity (Wildman–Crippen MR) is 94.1 cm³/mol. The normalized spacial score (nSPS) is 22.3. The maximum absolute atomic E-state index is 12.2. The van der Waals surface area contributed by atoms with Crippen molar-refractivity contribution in [3.8, 4) is 0 Å². The molecule has 0 saturated carbocycles. The zero-order valence-electron chi connectivity index (χ0n) is 15.2. The summed E-state index contributed by atoms with van der Waals surface area (Å²) in [7, 11) is 1.88. The highest BCUT2D eigenvalue weighted by molar-refractivity contribution is 5.73. The number of ether oxygens (including phenoxy) is 1. The molecule has 1 atom stereocenters. The molecule has 0 unspecified atom stereocenters. The monoisotopic (exact) mass is 342 g/mol. The van der Waals surface area contributed by atoms with E-state index in [1.165, 1.54) is 0 Å². The standard InChI is InChI=1S/C17H34N4O3/c1-15(22)13-21-6-3-16(4-7-21)14-19(2)17(23)18-5-8-20-9-11-24-12-10-20/h15-16,22H,3-14H2,1-2H3,(H,18,23)/t15-/m1/s1. The number of aliphatic hydroxyl groups is 1. The molecule has 2 heterocycles. The van der Waals surface area contributed by atoms with Crippen LogP contribution >= 0.6 is 0 Å². The number of nitrogens with one attached hydrogen (secondary N) is 1. The van der Waals surface area contributed by atoms with Crippen LogP contribution in [0.5, 0.6) is 0 Å². The minimum Gasteiger partial charge on any atom is -0.392 e. The summed E-state index contributed by atoms with van der Waals surface area (Å²) >= 11 is 0. The number of carbonyl (C=O) groups excluding carboxylic acids is 1. The molecule has 0 aromatic carbocycles. The van der Waals surface area contributed by atoms with Crippen LogP contribution in [0.3, 0.4) is 0 Å². The topological polar surface area (TPSA) is 68.3 Å². The van der Waals surface area contributed by atoms with Gasteiger partial charge < -0.3 is 25.0 Å². The molecule has 140 valence electrons. The minimum absolute atomic E-state index is 0.0228. The lowest BCUT2D eigenvalue weighted by atomic mass is 9.96. The highest BCUT2D eigenvalue weighted by Gasteiger charge is 2.22. The maximum Gasteiger partial charge on any atom is 0.317 e. The Morgan fingerprint density at radius 1 is 1.25 bits per heavy atom. The molecule has 2 N–H and O–H groups in total. The Kier molecular flexibility index (Phi) is 8.24. The van der Waals surface area contributed by atoms with Crippen LogP contribution in [0.25, 0.3) is 0 Å². The van der Waals surface area contributed by atoms with Gasteiger partial charge in [-0.15, -0.1) is 0 Å². The van der Waals surface area contributed by atoms with Crippen molar-refractivity contribution in [3.63, 3.8) is 0 Å². The van der Waals surface area contributed by atoms with Crippen LogP contribution in [-0.2, 0) is 4.74 Å². The second-order valence-electron chi connectivity index (χ2n) is 7.16. The van der Waals surface area contributed by atoms with Gasteiger partial charge in [0.2, 0.25) is 0 Å². The van der Waals surface area contributed by atoms with Crippen LogP contribution < -0.4 is 5.32 Å². The molecule has 24 heavy (non-hydrogen) atoms. The number of nitrogens with zero attached hydrogens (tertiary/aromatic N) is 3. The van der Waals surface area contributed by atoms with Crippen molar-refractivity contribution in [2.75, 3.05) is 72.6 Å². The predicted octanol–water partition coefficient (Wildman–Crippen LogP) is 0.0528. The molecule has 2 aliphatic rings. The summed E-state index contributed by atoms with van der Waals surface area (Å²) in [5, 5.41) is 12.5. The number of carbonyl (C=O) groups is 1. The number of β-amino-alcohol motifs (C(OH)–C–C–N with tert-alkyl or cyclic N) is 1. The van der Waals surface area contributed by atoms with Crippen molar-refractivity contribution in [3.05, 3.63) is 0 Å². The van der Waals surface area contributed by atoms with Crippen molar-refractivity contribution < 1.29 is 14.6 Å². The van der Waals surface area contributed by atoms with Gasteiger partial charge in [0.05, 0.1) is 19.3 Å². The van der Waals surface area contributed by atoms with Crippen molar-refractivity contribution in [2.45, 2.75) is 25.9 Å². The fraction of sp³-hybridized carbons (Fsp3) is 0.941. The summed E-state index contributed by atoms with van der Waals surface area (Å²) in [6.07, 6.45) is 1.93. The van der Waals surface area contributed by atoms with E-state index >= 15 is 0 Å². The van der Waals surface area contributed by atoms with Gasteiger partial charge in [-0.25, -0.2) is 4.79 Å². The summed E-state index contributed by atoms with van der Waals surface area (Å²) < 4.78 is 5.32. The Hall–Kier alpha value is -0.890. The molecule has 0 aromatic rings. The van der Waals surface area contributed by atoms with Gasteiger partial charge >= 0.3 is 6.03 Å². The molecule has 0 aromatic heterocycles. The van der Waals surface area contributed by atoms with Crippen molar-refractivity contribution in [2.24, 2.45) is 5.92 Å². The second kappa shape index (κ2) is 10.2. The average Bonchev–Trinajstić information content (AvgIpc) is 2.57. The van der Waals surface area contributed by atoms with Crippen molar-refractivity contribution in [1.29, 1.82) is 0 Å². The van der Waals surface area contributed by atoms with Gasteiger partial charge in [0.25, 0.3) is 0 Å². The molecule has 0 aliphatic carbocycles. The number of hydrogen-bond donors (Lipinski definition) is 2. The van der Waals surface area contributed by atoms with E-state index in [4.69, 9.17) is 4.74 Å². The summed E-state index contributed by atoms with van der Waals surface area (Å²) in [6.45, 7) is 10.5. The van der Waals surface area contributed by atoms with E-state index in [-0.39, 0.29) is 12.1 Å². The third-order valence-electron chi connectivity index (χ3n) is 4.92.